The molecule has 6 heteroatoms. The van der Waals surface area contributed by atoms with Crippen molar-refractivity contribution in [2.24, 2.45) is 0 Å². The fourth-order valence-corrected chi connectivity index (χ4v) is 3.78. The first-order chi connectivity index (χ1) is 11.0. The molecule has 0 radical (unpaired) electrons. The standard InChI is InChI=1S/C17H15Cl3N2O/c18-13-7-14(19)17(15(20)8-13)21-16(23)10-22-6-5-11-3-1-2-4-12(11)9-22/h1-4,7-8H,5-6,9-10H2,(H,21,23)/p+1. The number of quaternary nitrogens is 1. The summed E-state index contributed by atoms with van der Waals surface area (Å²) >= 11 is 18.1. The Hall–Kier alpha value is -1.26. The van der Waals surface area contributed by atoms with Gasteiger partial charge < -0.3 is 10.2 Å². The molecule has 0 fully saturated rings. The number of rotatable bonds is 3. The van der Waals surface area contributed by atoms with Crippen molar-refractivity contribution in [3.63, 3.8) is 0 Å². The minimum absolute atomic E-state index is 0.106. The van der Waals surface area contributed by atoms with Crippen molar-refractivity contribution >= 4 is 46.4 Å². The molecule has 3 rings (SSSR count). The lowest BCUT2D eigenvalue weighted by atomic mass is 10.00. The molecule has 1 aliphatic rings. The molecule has 2 aromatic rings. The van der Waals surface area contributed by atoms with Gasteiger partial charge in [-0.1, -0.05) is 59.1 Å². The lowest BCUT2D eigenvalue weighted by molar-refractivity contribution is -0.907. The van der Waals surface area contributed by atoms with Crippen LogP contribution in [0.2, 0.25) is 15.1 Å². The van der Waals surface area contributed by atoms with Crippen LogP contribution in [0.1, 0.15) is 11.1 Å². The third-order valence-corrected chi connectivity index (χ3v) is 4.80. The zero-order valence-corrected chi connectivity index (χ0v) is 14.6. The minimum atomic E-state index is -0.106. The number of halogens is 3. The average Bonchev–Trinajstić information content (AvgIpc) is 2.51. The first kappa shape index (κ1) is 16.6. The van der Waals surface area contributed by atoms with E-state index in [-0.39, 0.29) is 5.91 Å². The van der Waals surface area contributed by atoms with Crippen molar-refractivity contribution in [1.29, 1.82) is 0 Å². The van der Waals surface area contributed by atoms with E-state index in [9.17, 15) is 4.79 Å². The van der Waals surface area contributed by atoms with Crippen LogP contribution in [0.3, 0.4) is 0 Å². The predicted molar refractivity (Wildman–Crippen MR) is 94.6 cm³/mol. The average molecular weight is 371 g/mol. The number of fused-ring (bicyclic) bond motifs is 1. The molecule has 1 atom stereocenters. The van der Waals surface area contributed by atoms with Crippen molar-refractivity contribution in [3.05, 3.63) is 62.6 Å². The minimum Gasteiger partial charge on any atom is -0.323 e. The maximum atomic E-state index is 12.3. The highest BCUT2D eigenvalue weighted by molar-refractivity contribution is 6.42. The van der Waals surface area contributed by atoms with Gasteiger partial charge in [0.25, 0.3) is 5.91 Å². The van der Waals surface area contributed by atoms with Crippen molar-refractivity contribution in [2.45, 2.75) is 13.0 Å². The van der Waals surface area contributed by atoms with Gasteiger partial charge in [0.2, 0.25) is 0 Å². The highest BCUT2D eigenvalue weighted by Gasteiger charge is 2.22. The van der Waals surface area contributed by atoms with Crippen LogP contribution in [0.15, 0.2) is 36.4 Å². The van der Waals surface area contributed by atoms with E-state index in [1.807, 2.05) is 6.07 Å². The van der Waals surface area contributed by atoms with Crippen LogP contribution in [0.25, 0.3) is 0 Å². The quantitative estimate of drug-likeness (QED) is 0.854. The van der Waals surface area contributed by atoms with Crippen LogP contribution >= 0.6 is 34.8 Å². The summed E-state index contributed by atoms with van der Waals surface area (Å²) in [6, 6.07) is 11.5. The Kier molecular flexibility index (Phi) is 5.12. The number of benzene rings is 2. The Morgan fingerprint density at radius 2 is 1.74 bits per heavy atom. The van der Waals surface area contributed by atoms with Crippen LogP contribution in [0, 0.1) is 0 Å². The van der Waals surface area contributed by atoms with Gasteiger partial charge in [-0.3, -0.25) is 4.79 Å². The number of anilines is 1. The Morgan fingerprint density at radius 3 is 2.43 bits per heavy atom. The molecule has 0 bridgehead atoms. The van der Waals surface area contributed by atoms with E-state index in [1.165, 1.54) is 16.0 Å². The zero-order chi connectivity index (χ0) is 16.4. The number of carbonyl (C=O) groups excluding carboxylic acids is 1. The van der Waals surface area contributed by atoms with Crippen molar-refractivity contribution in [3.8, 4) is 0 Å². The van der Waals surface area contributed by atoms with Gasteiger partial charge in [0.1, 0.15) is 6.54 Å². The first-order valence-electron chi connectivity index (χ1n) is 7.37. The molecule has 1 unspecified atom stereocenters. The molecule has 0 aromatic heterocycles. The molecule has 2 N–H and O–H groups in total. The highest BCUT2D eigenvalue weighted by Crippen LogP contribution is 2.33. The van der Waals surface area contributed by atoms with E-state index in [2.05, 4.69) is 23.5 Å². The molecule has 0 saturated heterocycles. The lowest BCUT2D eigenvalue weighted by Gasteiger charge is -2.25. The summed E-state index contributed by atoms with van der Waals surface area (Å²) in [4.78, 5) is 13.5. The number of hydrogen-bond acceptors (Lipinski definition) is 1. The molecule has 1 heterocycles. The van der Waals surface area contributed by atoms with Crippen LogP contribution in [0.5, 0.6) is 0 Å². The third kappa shape index (κ3) is 3.99. The molecule has 120 valence electrons. The smallest absolute Gasteiger partial charge is 0.279 e. The van der Waals surface area contributed by atoms with Gasteiger partial charge in [-0.05, 0) is 17.7 Å². The van der Waals surface area contributed by atoms with Crippen LogP contribution in [-0.4, -0.2) is 19.0 Å². The molecule has 3 nitrogen and oxygen atoms in total. The molecular formula is C17H16Cl3N2O+. The zero-order valence-electron chi connectivity index (χ0n) is 12.3. The normalized spacial score (nSPS) is 16.7. The highest BCUT2D eigenvalue weighted by atomic mass is 35.5. The van der Waals surface area contributed by atoms with Crippen molar-refractivity contribution < 1.29 is 9.69 Å². The van der Waals surface area contributed by atoms with E-state index in [4.69, 9.17) is 34.8 Å². The van der Waals surface area contributed by atoms with Gasteiger partial charge in [0, 0.05) is 17.0 Å². The third-order valence-electron chi connectivity index (χ3n) is 3.99. The number of nitrogens with one attached hydrogen (secondary N) is 2. The fraction of sp³-hybridized carbons (Fsp3) is 0.235. The van der Waals surface area contributed by atoms with Gasteiger partial charge in [-0.25, -0.2) is 0 Å². The number of amides is 1. The van der Waals surface area contributed by atoms with Crippen LogP contribution in [0.4, 0.5) is 5.69 Å². The summed E-state index contributed by atoms with van der Waals surface area (Å²) in [5, 5.41) is 3.92. The Morgan fingerprint density at radius 1 is 1.09 bits per heavy atom. The predicted octanol–water partition coefficient (Wildman–Crippen LogP) is 3.23. The number of carbonyl (C=O) groups is 1. The fourth-order valence-electron chi connectivity index (χ4n) is 2.87. The monoisotopic (exact) mass is 369 g/mol. The molecule has 0 spiro atoms. The van der Waals surface area contributed by atoms with Crippen molar-refractivity contribution in [1.82, 2.24) is 0 Å². The summed E-state index contributed by atoms with van der Waals surface area (Å²) < 4.78 is 0. The van der Waals surface area contributed by atoms with Gasteiger partial charge in [-0.15, -0.1) is 0 Å². The number of hydrogen-bond donors (Lipinski definition) is 2. The summed E-state index contributed by atoms with van der Waals surface area (Å²) in [7, 11) is 0. The second-order valence-corrected chi connectivity index (χ2v) is 6.92. The van der Waals surface area contributed by atoms with E-state index in [0.717, 1.165) is 19.5 Å². The molecule has 1 amide bonds. The summed E-state index contributed by atoms with van der Waals surface area (Å²) in [5.74, 6) is -0.106. The first-order valence-corrected chi connectivity index (χ1v) is 8.51. The lowest BCUT2D eigenvalue weighted by Crippen LogP contribution is -3.12. The molecular weight excluding hydrogens is 355 g/mol. The van der Waals surface area contributed by atoms with Gasteiger partial charge in [0.15, 0.2) is 6.54 Å². The molecule has 23 heavy (non-hydrogen) atoms. The van der Waals surface area contributed by atoms with Crippen molar-refractivity contribution in [2.75, 3.05) is 18.4 Å². The Labute approximate surface area is 150 Å². The van der Waals surface area contributed by atoms with Gasteiger partial charge in [-0.2, -0.15) is 0 Å². The summed E-state index contributed by atoms with van der Waals surface area (Å²) in [6.07, 6.45) is 0.987. The maximum absolute atomic E-state index is 12.3. The van der Waals surface area contributed by atoms with Gasteiger partial charge >= 0.3 is 0 Å². The summed E-state index contributed by atoms with van der Waals surface area (Å²) in [6.45, 7) is 2.17. The molecule has 0 saturated carbocycles. The Bertz CT molecular complexity index is 725. The molecule has 1 aliphatic heterocycles. The van der Waals surface area contributed by atoms with E-state index in [0.29, 0.717) is 27.3 Å². The molecule has 2 aromatic carbocycles. The largest absolute Gasteiger partial charge is 0.323 e. The van der Waals surface area contributed by atoms with Crippen LogP contribution in [-0.2, 0) is 17.8 Å². The van der Waals surface area contributed by atoms with E-state index < -0.39 is 0 Å². The van der Waals surface area contributed by atoms with Gasteiger partial charge in [0.05, 0.1) is 22.3 Å². The second kappa shape index (κ2) is 7.10. The summed E-state index contributed by atoms with van der Waals surface area (Å²) in [5.41, 5.74) is 3.10. The maximum Gasteiger partial charge on any atom is 0.279 e. The molecule has 0 aliphatic carbocycles. The van der Waals surface area contributed by atoms with E-state index >= 15 is 0 Å². The van der Waals surface area contributed by atoms with E-state index in [1.54, 1.807) is 12.1 Å². The second-order valence-electron chi connectivity index (χ2n) is 5.66. The topological polar surface area (TPSA) is 33.5 Å². The van der Waals surface area contributed by atoms with Crippen LogP contribution < -0.4 is 10.2 Å². The Balaban J connectivity index is 1.65. The SMILES string of the molecule is O=C(C[NH+]1CCc2ccccc2C1)Nc1c(Cl)cc(Cl)cc1Cl.